The monoisotopic (exact) mass is 220 g/mol. The summed E-state index contributed by atoms with van der Waals surface area (Å²) in [7, 11) is -2.81. The van der Waals surface area contributed by atoms with E-state index >= 15 is 0 Å². The molecule has 0 saturated heterocycles. The minimum Gasteiger partial charge on any atom is -0.271 e. The van der Waals surface area contributed by atoms with E-state index in [1.807, 2.05) is 0 Å². The number of nitrogens with two attached hydrogens (primary N) is 1. The van der Waals surface area contributed by atoms with E-state index in [4.69, 9.17) is 5.84 Å². The molecule has 5 heteroatoms. The highest BCUT2D eigenvalue weighted by Crippen LogP contribution is 2.31. The van der Waals surface area contributed by atoms with Gasteiger partial charge in [0.05, 0.1) is 0 Å². The Labute approximate surface area is 86.1 Å². The summed E-state index contributed by atoms with van der Waals surface area (Å²) >= 11 is 0. The van der Waals surface area contributed by atoms with Crippen molar-refractivity contribution in [3.05, 3.63) is 0 Å². The maximum Gasteiger partial charge on any atom is 0.147 e. The Morgan fingerprint density at radius 1 is 1.50 bits per heavy atom. The molecule has 14 heavy (non-hydrogen) atoms. The van der Waals surface area contributed by atoms with Crippen molar-refractivity contribution in [2.24, 2.45) is 11.8 Å². The molecule has 4 nitrogen and oxygen atoms in total. The van der Waals surface area contributed by atoms with Crippen molar-refractivity contribution in [3.63, 3.8) is 0 Å². The SMILES string of the molecule is CS(=O)(=O)CCCC(NN)C1CCC1. The zero-order valence-electron chi connectivity index (χ0n) is 8.70. The van der Waals surface area contributed by atoms with Crippen LogP contribution in [0.2, 0.25) is 0 Å². The fourth-order valence-electron chi connectivity index (χ4n) is 1.86. The van der Waals surface area contributed by atoms with Gasteiger partial charge in [-0.1, -0.05) is 6.42 Å². The van der Waals surface area contributed by atoms with Gasteiger partial charge in [-0.25, -0.2) is 8.42 Å². The smallest absolute Gasteiger partial charge is 0.147 e. The van der Waals surface area contributed by atoms with E-state index in [2.05, 4.69) is 5.43 Å². The van der Waals surface area contributed by atoms with E-state index in [0.29, 0.717) is 18.4 Å². The third-order valence-corrected chi connectivity index (χ3v) is 3.99. The van der Waals surface area contributed by atoms with Crippen LogP contribution in [0.1, 0.15) is 32.1 Å². The molecule has 1 saturated carbocycles. The van der Waals surface area contributed by atoms with Crippen molar-refractivity contribution in [2.45, 2.75) is 38.1 Å². The first-order valence-electron chi connectivity index (χ1n) is 5.17. The number of rotatable bonds is 6. The number of hydrogen-bond donors (Lipinski definition) is 2. The van der Waals surface area contributed by atoms with E-state index in [9.17, 15) is 8.42 Å². The number of nitrogens with one attached hydrogen (secondary N) is 1. The lowest BCUT2D eigenvalue weighted by atomic mass is 9.78. The lowest BCUT2D eigenvalue weighted by molar-refractivity contribution is 0.220. The van der Waals surface area contributed by atoms with Crippen molar-refractivity contribution >= 4 is 9.84 Å². The summed E-state index contributed by atoms with van der Waals surface area (Å²) in [5.41, 5.74) is 2.80. The van der Waals surface area contributed by atoms with Gasteiger partial charge in [0, 0.05) is 18.1 Å². The molecule has 1 aliphatic rings. The van der Waals surface area contributed by atoms with Crippen LogP contribution in [0.3, 0.4) is 0 Å². The molecule has 1 fully saturated rings. The van der Waals surface area contributed by atoms with Crippen molar-refractivity contribution in [1.29, 1.82) is 0 Å². The quantitative estimate of drug-likeness (QED) is 0.503. The van der Waals surface area contributed by atoms with E-state index in [1.165, 1.54) is 25.5 Å². The van der Waals surface area contributed by atoms with E-state index < -0.39 is 9.84 Å². The lowest BCUT2D eigenvalue weighted by Crippen LogP contribution is -2.43. The second-order valence-corrected chi connectivity index (χ2v) is 6.50. The molecule has 1 unspecified atom stereocenters. The first-order valence-corrected chi connectivity index (χ1v) is 7.23. The molecule has 0 spiro atoms. The van der Waals surface area contributed by atoms with Gasteiger partial charge in [-0.3, -0.25) is 11.3 Å². The first kappa shape index (κ1) is 11.9. The maximum absolute atomic E-state index is 10.9. The molecular weight excluding hydrogens is 200 g/mol. The normalized spacial score (nSPS) is 20.4. The minimum atomic E-state index is -2.81. The van der Waals surface area contributed by atoms with Gasteiger partial charge < -0.3 is 0 Å². The summed E-state index contributed by atoms with van der Waals surface area (Å²) in [5, 5.41) is 0. The van der Waals surface area contributed by atoms with Crippen molar-refractivity contribution in [2.75, 3.05) is 12.0 Å². The molecule has 0 aromatic rings. The van der Waals surface area contributed by atoms with Gasteiger partial charge >= 0.3 is 0 Å². The van der Waals surface area contributed by atoms with Gasteiger partial charge in [0.25, 0.3) is 0 Å². The summed E-state index contributed by atoms with van der Waals surface area (Å²) in [5.74, 6) is 6.38. The molecule has 0 radical (unpaired) electrons. The van der Waals surface area contributed by atoms with E-state index in [-0.39, 0.29) is 5.75 Å². The molecule has 0 amide bonds. The van der Waals surface area contributed by atoms with Crippen LogP contribution in [0.5, 0.6) is 0 Å². The second-order valence-electron chi connectivity index (χ2n) is 4.24. The van der Waals surface area contributed by atoms with Crippen LogP contribution in [0.25, 0.3) is 0 Å². The summed E-state index contributed by atoms with van der Waals surface area (Å²) < 4.78 is 21.8. The van der Waals surface area contributed by atoms with Gasteiger partial charge in [0.1, 0.15) is 9.84 Å². The standard InChI is InChI=1S/C9H20N2O2S/c1-14(12,13)7-3-6-9(11-10)8-4-2-5-8/h8-9,11H,2-7,10H2,1H3. The molecule has 0 aromatic heterocycles. The second kappa shape index (κ2) is 5.09. The summed E-state index contributed by atoms with van der Waals surface area (Å²) in [6.45, 7) is 0. The van der Waals surface area contributed by atoms with Crippen LogP contribution in [0.15, 0.2) is 0 Å². The zero-order valence-corrected chi connectivity index (χ0v) is 9.52. The Bertz CT molecular complexity index is 260. The average Bonchev–Trinajstić information content (AvgIpc) is 1.96. The Balaban J connectivity index is 2.20. The molecular formula is C9H20N2O2S. The topological polar surface area (TPSA) is 72.2 Å². The van der Waals surface area contributed by atoms with Crippen molar-refractivity contribution in [3.8, 4) is 0 Å². The highest BCUT2D eigenvalue weighted by atomic mass is 32.2. The number of hydrogen-bond acceptors (Lipinski definition) is 4. The Morgan fingerprint density at radius 3 is 2.50 bits per heavy atom. The maximum atomic E-state index is 10.9. The number of sulfone groups is 1. The molecule has 84 valence electrons. The summed E-state index contributed by atoms with van der Waals surface area (Å²) in [6, 6.07) is 0.311. The van der Waals surface area contributed by atoms with Crippen molar-refractivity contribution < 1.29 is 8.42 Å². The van der Waals surface area contributed by atoms with Crippen LogP contribution in [0, 0.1) is 5.92 Å². The van der Waals surface area contributed by atoms with Crippen LogP contribution in [-0.4, -0.2) is 26.5 Å². The van der Waals surface area contributed by atoms with Gasteiger partial charge in [-0.2, -0.15) is 0 Å². The fourth-order valence-corrected chi connectivity index (χ4v) is 2.55. The zero-order chi connectivity index (χ0) is 10.6. The Morgan fingerprint density at radius 2 is 2.14 bits per heavy atom. The van der Waals surface area contributed by atoms with Gasteiger partial charge in [0.15, 0.2) is 0 Å². The average molecular weight is 220 g/mol. The highest BCUT2D eigenvalue weighted by molar-refractivity contribution is 7.90. The predicted molar refractivity (Wildman–Crippen MR) is 57.4 cm³/mol. The number of hydrazine groups is 1. The summed E-state index contributed by atoms with van der Waals surface area (Å²) in [4.78, 5) is 0. The third kappa shape index (κ3) is 3.94. The van der Waals surface area contributed by atoms with Crippen molar-refractivity contribution in [1.82, 2.24) is 5.43 Å². The predicted octanol–water partition coefficient (Wildman–Crippen LogP) is 0.443. The molecule has 0 heterocycles. The largest absolute Gasteiger partial charge is 0.271 e. The molecule has 1 aliphatic carbocycles. The van der Waals surface area contributed by atoms with Crippen LogP contribution >= 0.6 is 0 Å². The lowest BCUT2D eigenvalue weighted by Gasteiger charge is -2.33. The van der Waals surface area contributed by atoms with E-state index in [0.717, 1.165) is 6.42 Å². The minimum absolute atomic E-state index is 0.276. The molecule has 1 atom stereocenters. The van der Waals surface area contributed by atoms with Crippen LogP contribution < -0.4 is 11.3 Å². The van der Waals surface area contributed by atoms with Gasteiger partial charge in [-0.15, -0.1) is 0 Å². The van der Waals surface area contributed by atoms with Gasteiger partial charge in [-0.05, 0) is 31.6 Å². The Kier molecular flexibility index (Phi) is 4.34. The summed E-state index contributed by atoms with van der Waals surface area (Å²) in [6.07, 6.45) is 6.61. The van der Waals surface area contributed by atoms with Gasteiger partial charge in [0.2, 0.25) is 0 Å². The van der Waals surface area contributed by atoms with E-state index in [1.54, 1.807) is 0 Å². The third-order valence-electron chi connectivity index (χ3n) is 2.96. The molecule has 0 aliphatic heterocycles. The van der Waals surface area contributed by atoms with Crippen LogP contribution in [0.4, 0.5) is 0 Å². The highest BCUT2D eigenvalue weighted by Gasteiger charge is 2.26. The molecule has 1 rings (SSSR count). The van der Waals surface area contributed by atoms with Crippen LogP contribution in [-0.2, 0) is 9.84 Å². The molecule has 3 N–H and O–H groups in total. The first-order chi connectivity index (χ1) is 6.53. The molecule has 0 bridgehead atoms. The Hall–Kier alpha value is -0.130. The molecule has 0 aromatic carbocycles. The fraction of sp³-hybridized carbons (Fsp3) is 1.00.